The van der Waals surface area contributed by atoms with Gasteiger partial charge in [-0.2, -0.15) is 0 Å². The summed E-state index contributed by atoms with van der Waals surface area (Å²) >= 11 is 0. The molecule has 0 amide bonds. The quantitative estimate of drug-likeness (QED) is 0.135. The number of nitrogens with zero attached hydrogens (tertiary/aromatic N) is 7. The number of halogens is 3. The van der Waals surface area contributed by atoms with E-state index in [4.69, 9.17) is 15.0 Å². The van der Waals surface area contributed by atoms with E-state index in [0.29, 0.717) is 0 Å². The van der Waals surface area contributed by atoms with E-state index < -0.39 is 0 Å². The number of benzene rings is 2. The van der Waals surface area contributed by atoms with E-state index >= 15 is 0 Å². The van der Waals surface area contributed by atoms with Crippen LogP contribution in [0, 0.1) is 40.8 Å². The van der Waals surface area contributed by atoms with Gasteiger partial charge in [0.25, 0.3) is 0 Å². The third-order valence-corrected chi connectivity index (χ3v) is 7.58. The number of aromatic nitrogens is 5. The van der Waals surface area contributed by atoms with Gasteiger partial charge in [0.05, 0.1) is 22.1 Å². The van der Waals surface area contributed by atoms with E-state index in [0.717, 1.165) is 97.5 Å². The van der Waals surface area contributed by atoms with E-state index in [-0.39, 0.29) is 78.1 Å². The van der Waals surface area contributed by atoms with E-state index in [1.807, 2.05) is 0 Å². The number of likely N-dealkylation sites (N-methyl/N-ethyl adjacent to an activating group) is 2. The molecule has 5 aromatic rings. The average Bonchev–Trinajstić information content (AvgIpc) is 3.53. The van der Waals surface area contributed by atoms with Crippen molar-refractivity contribution < 1.29 is 78.1 Å². The maximum absolute atomic E-state index is 5.17. The maximum atomic E-state index is 5.17. The number of hydrogen-bond donors (Lipinski definition) is 0. The van der Waals surface area contributed by atoms with Crippen molar-refractivity contribution in [3.05, 3.63) is 66.7 Å². The van der Waals surface area contributed by atoms with Crippen LogP contribution in [0.1, 0.15) is 27.7 Å². The predicted octanol–water partition coefficient (Wildman–Crippen LogP) is -3.19. The summed E-state index contributed by atoms with van der Waals surface area (Å²) in [6.07, 6.45) is 0. The molecule has 7 nitrogen and oxygen atoms in total. The van der Waals surface area contributed by atoms with Gasteiger partial charge in [0.2, 0.25) is 0 Å². The molecule has 0 bridgehead atoms. The van der Waals surface area contributed by atoms with Crippen LogP contribution in [-0.4, -0.2) is 73.2 Å². The maximum Gasteiger partial charge on any atom is 3.00 e. The SMILES string of the molecule is CCN(CC)CCn1c(-c2cccc(-c3nc4ccccc4n3CCN(CC)CC)n2)nc2ccccc21.[Cl-].[Cl-].[Cl-].[Nd+3]. The Kier molecular flexibility index (Phi) is 17.0. The van der Waals surface area contributed by atoms with Gasteiger partial charge in [0.1, 0.15) is 11.4 Å². The smallest absolute Gasteiger partial charge is 1.00 e. The molecule has 0 atom stereocenters. The molecule has 3 aromatic heterocycles. The molecule has 0 aliphatic heterocycles. The zero-order chi connectivity index (χ0) is 26.5. The first kappa shape index (κ1) is 38.7. The molecule has 0 saturated carbocycles. The Morgan fingerprint density at radius 3 is 1.29 bits per heavy atom. The van der Waals surface area contributed by atoms with Crippen LogP contribution < -0.4 is 37.2 Å². The third kappa shape index (κ3) is 8.43. The first-order valence-electron chi connectivity index (χ1n) is 14.0. The van der Waals surface area contributed by atoms with Crippen molar-refractivity contribution in [1.29, 1.82) is 0 Å². The number of pyridine rings is 1. The summed E-state index contributed by atoms with van der Waals surface area (Å²) in [7, 11) is 0. The fourth-order valence-electron chi connectivity index (χ4n) is 5.24. The summed E-state index contributed by atoms with van der Waals surface area (Å²) in [6.45, 7) is 16.7. The monoisotopic (exact) mass is 756 g/mol. The minimum absolute atomic E-state index is 0. The van der Waals surface area contributed by atoms with Crippen LogP contribution in [0.25, 0.3) is 45.1 Å². The van der Waals surface area contributed by atoms with Gasteiger partial charge in [0.15, 0.2) is 11.6 Å². The molecule has 0 saturated heterocycles. The molecule has 0 aliphatic carbocycles. The molecule has 2 aromatic carbocycles. The fourth-order valence-corrected chi connectivity index (χ4v) is 5.24. The Balaban J connectivity index is 0.00000220. The Morgan fingerprint density at radius 1 is 0.524 bits per heavy atom. The van der Waals surface area contributed by atoms with Gasteiger partial charge in [-0.1, -0.05) is 58.0 Å². The normalized spacial score (nSPS) is 10.8. The fraction of sp³-hybridized carbons (Fsp3) is 0.387. The average molecular weight is 760 g/mol. The zero-order valence-electron chi connectivity index (χ0n) is 24.8. The molecule has 42 heavy (non-hydrogen) atoms. The van der Waals surface area contributed by atoms with Crippen molar-refractivity contribution in [1.82, 2.24) is 33.9 Å². The first-order valence-corrected chi connectivity index (χ1v) is 14.0. The van der Waals surface area contributed by atoms with E-state index in [1.165, 1.54) is 0 Å². The summed E-state index contributed by atoms with van der Waals surface area (Å²) in [4.78, 5) is 20.1. The molecule has 0 aliphatic rings. The first-order chi connectivity index (χ1) is 18.7. The summed E-state index contributed by atoms with van der Waals surface area (Å²) in [5.74, 6) is 1.82. The van der Waals surface area contributed by atoms with E-state index in [9.17, 15) is 0 Å². The largest absolute Gasteiger partial charge is 3.00 e. The van der Waals surface area contributed by atoms with Crippen LogP contribution in [0.5, 0.6) is 0 Å². The number of rotatable bonds is 12. The Hall–Kier alpha value is -1.33. The summed E-state index contributed by atoms with van der Waals surface area (Å²) in [6, 6.07) is 23.0. The van der Waals surface area contributed by atoms with Gasteiger partial charge in [0, 0.05) is 26.2 Å². The van der Waals surface area contributed by atoms with Gasteiger partial charge in [-0.05, 0) is 62.6 Å². The molecule has 3 heterocycles. The van der Waals surface area contributed by atoms with Crippen molar-refractivity contribution in [2.24, 2.45) is 0 Å². The molecule has 1 radical (unpaired) electrons. The molecule has 0 N–H and O–H groups in total. The predicted molar refractivity (Wildman–Crippen MR) is 157 cm³/mol. The van der Waals surface area contributed by atoms with E-state index in [2.05, 4.69) is 113 Å². The van der Waals surface area contributed by atoms with Crippen molar-refractivity contribution >= 4 is 22.1 Å². The summed E-state index contributed by atoms with van der Waals surface area (Å²) in [5, 5.41) is 0. The van der Waals surface area contributed by atoms with Gasteiger partial charge < -0.3 is 56.2 Å². The molecular formula is C31H39Cl3N7Nd. The Morgan fingerprint density at radius 2 is 0.905 bits per heavy atom. The Bertz CT molecular complexity index is 1400. The third-order valence-electron chi connectivity index (χ3n) is 7.58. The van der Waals surface area contributed by atoms with Crippen molar-refractivity contribution in [2.45, 2.75) is 40.8 Å². The standard InChI is InChI=1S/C31H39N7.3ClH.Nd/c1-5-35(6-2)20-22-37-28-18-11-9-14-24(28)33-30(37)26-16-13-17-27(32-26)31-34-25-15-10-12-19-29(25)38(31)23-21-36(7-3)8-4;;;;/h9-19H,5-8,20-23H2,1-4H3;3*1H;/q;;;;+3/p-3. The zero-order valence-corrected chi connectivity index (χ0v) is 30.2. The van der Waals surface area contributed by atoms with Crippen LogP contribution >= 0.6 is 0 Å². The second-order valence-electron chi connectivity index (χ2n) is 9.61. The number of hydrogen-bond acceptors (Lipinski definition) is 5. The number of para-hydroxylation sites is 4. The minimum Gasteiger partial charge on any atom is -1.00 e. The summed E-state index contributed by atoms with van der Waals surface area (Å²) in [5.41, 5.74) is 6.05. The van der Waals surface area contributed by atoms with Gasteiger partial charge >= 0.3 is 40.8 Å². The molecule has 5 rings (SSSR count). The Labute approximate surface area is 301 Å². The van der Waals surface area contributed by atoms with Gasteiger partial charge in [-0.15, -0.1) is 0 Å². The molecule has 11 heteroatoms. The van der Waals surface area contributed by atoms with Crippen LogP contribution in [-0.2, 0) is 13.1 Å². The van der Waals surface area contributed by atoms with Crippen molar-refractivity contribution in [2.75, 3.05) is 39.3 Å². The topological polar surface area (TPSA) is 55.0 Å². The number of imidazole rings is 2. The van der Waals surface area contributed by atoms with Crippen LogP contribution in [0.3, 0.4) is 0 Å². The number of fused-ring (bicyclic) bond motifs is 2. The second kappa shape index (κ2) is 18.5. The molecular weight excluding hydrogens is 721 g/mol. The molecule has 0 spiro atoms. The van der Waals surface area contributed by atoms with Gasteiger partial charge in [-0.25, -0.2) is 15.0 Å². The van der Waals surface area contributed by atoms with Crippen molar-refractivity contribution in [3.63, 3.8) is 0 Å². The van der Waals surface area contributed by atoms with Crippen LogP contribution in [0.15, 0.2) is 66.7 Å². The van der Waals surface area contributed by atoms with Crippen LogP contribution in [0.2, 0.25) is 0 Å². The minimum atomic E-state index is 0. The second-order valence-corrected chi connectivity index (χ2v) is 9.61. The van der Waals surface area contributed by atoms with Gasteiger partial charge in [-0.3, -0.25) is 0 Å². The van der Waals surface area contributed by atoms with Crippen molar-refractivity contribution in [3.8, 4) is 23.0 Å². The molecule has 223 valence electrons. The molecule has 0 unspecified atom stereocenters. The van der Waals surface area contributed by atoms with Crippen LogP contribution in [0.4, 0.5) is 0 Å². The van der Waals surface area contributed by atoms with E-state index in [1.54, 1.807) is 0 Å². The molecule has 0 fully saturated rings. The summed E-state index contributed by atoms with van der Waals surface area (Å²) < 4.78 is 4.65.